The number of phosphoric acid groups is 11. The molecule has 5 aliphatic heterocycles. The molecule has 0 aromatic rings. The zero-order chi connectivity index (χ0) is 112. The van der Waals surface area contributed by atoms with Crippen molar-refractivity contribution < 1.29 is 248 Å². The standard InChI is InChI=1S/C17H36BO14P3.C14H30BO13P3.C14H29BO10P2.C12H25BO9P2.C10H20BO6P.C3H8.2C2H6.CH4O/c1-17(2,3)16-14(13-15(18)31-16)32-35(24,25)30-12-6-11-29-34(22,23)28-10-5-9-27-33(20,21)26-8-4-7-19;1-14(2,3)13-11(10-12(15)27-13)28-31(21,22)26-9-5-8-25-30(19,20)24-7-4-6-23-29(16,17)18;1-14(2,3)13-11(10-12(15)24-13)25-27(19,20)23-9-5-8-22-26(17,18)21-7-4-6-16;1-12(2,3)11-9(8-10(13)21-11)22-24(16,17)20-7-5-6-19-23(14,15)18-4;1-7(2)10-8(6-9(11)16-10)17-18(13,14)15-5-3-4-12;1-3-2;3*1-2/h14-16,19H,4-13H2,1-3H3,(H,20,21)(H,22,23)(H,24,25);11-13H,4-10H2,1-3H3,(H,19,20)(H,21,22)(H2,16,17,18);11-13,16H,4-10H2,1-3H3,(H,17,18)(H,19,20);9-11H,5-8H2,1-4H3,(H,14,15)(H,16,17);7-10,12H,3-6H2,1-2H3,(H,13,14);3H2,1-2H3;2*1-2H3;2H,1H3/p-12. The first-order valence-corrected chi connectivity index (χ1v) is 62.2. The lowest BCUT2D eigenvalue weighted by molar-refractivity contribution is -0.342. The summed E-state index contributed by atoms with van der Waals surface area (Å²) in [6, 6.07) is -3.06. The molecule has 0 bridgehead atoms. The van der Waals surface area contributed by atoms with E-state index in [0.29, 0.717) is 6.42 Å². The molecule has 0 aromatic heterocycles. The second-order valence-electron chi connectivity index (χ2n) is 35.3. The Morgan fingerprint density at radius 2 is 0.431 bits per heavy atom. The largest absolute Gasteiger partial charge is 0.790 e. The van der Waals surface area contributed by atoms with Gasteiger partial charge in [-0.15, -0.1) is 0 Å². The molecule has 5 heterocycles. The van der Waals surface area contributed by atoms with Crippen molar-refractivity contribution in [1.82, 2.24) is 0 Å². The molecule has 0 saturated carbocycles. The third kappa shape index (κ3) is 76.0. The SMILES string of the molecule is CC.CC.CCC.CO.[B]C1CC(OP(=O)([O-])OCCCO)C(C(C)C)O1.[B]C1CC(OP(=O)([O-])OCCCOP(=O)([O-])OC)C(C(C)(C)C)O1.[B]C1CC(OP(=O)([O-])OCCCOP(=O)([O-])OCCCO)C(C(C)(C)C)O1.[B]C1CC(OP(=O)([O-])OCCCOP(=O)([O-])OCCCOP(=O)([O-])OCCCO)C(C(C)(C)C)O1.[B]C1CC(OP(=O)([O-])OCCCOP(=O)([O-])OCCCOP(=O)([O-])[O-])C(C(C)(C)C)O1. The molecule has 5 saturated heterocycles. The lowest BCUT2D eigenvalue weighted by atomic mass is 9.85. The molecular weight excluding hydrogens is 2140 g/mol. The normalized spacial score (nSPS) is 26.5. The summed E-state index contributed by atoms with van der Waals surface area (Å²) in [5, 5.41) is 32.7. The Hall–Kier alpha value is 1.17. The fourth-order valence-electron chi connectivity index (χ4n) is 11.9. The number of aliphatic hydroxyl groups excluding tert-OH is 4. The zero-order valence-electron chi connectivity index (χ0n) is 86.2. The fourth-order valence-corrected chi connectivity index (χ4v) is 20.6. The fraction of sp³-hybridized carbons (Fsp3) is 1.00. The van der Waals surface area contributed by atoms with Crippen LogP contribution in [0.1, 0.15) is 235 Å². The maximum atomic E-state index is 12.1. The maximum Gasteiger partial charge on any atom is 0.268 e. The molecule has 852 valence electrons. The van der Waals surface area contributed by atoms with Crippen LogP contribution in [-0.4, -0.2) is 284 Å². The van der Waals surface area contributed by atoms with E-state index in [1.807, 2.05) is 125 Å². The second kappa shape index (κ2) is 75.3. The molecule has 0 aliphatic carbocycles. The van der Waals surface area contributed by atoms with Crippen LogP contribution in [0.5, 0.6) is 0 Å². The number of aliphatic hydroxyl groups is 4. The predicted octanol–water partition coefficient (Wildman–Crippen LogP) is 4.09. The molecule has 10 radical (unpaired) electrons. The van der Waals surface area contributed by atoms with Crippen molar-refractivity contribution in [2.45, 2.75) is 326 Å². The first kappa shape index (κ1) is 151. The Morgan fingerprint density at radius 1 is 0.278 bits per heavy atom. The smallest absolute Gasteiger partial charge is 0.268 e. The van der Waals surface area contributed by atoms with Crippen molar-refractivity contribution in [2.24, 2.45) is 27.6 Å². The molecule has 5 aliphatic rings. The van der Waals surface area contributed by atoms with Gasteiger partial charge in [-0.25, -0.2) is 0 Å². The maximum absolute atomic E-state index is 12.1. The van der Waals surface area contributed by atoms with Crippen LogP contribution in [0.25, 0.3) is 0 Å². The van der Waals surface area contributed by atoms with Gasteiger partial charge < -0.3 is 202 Å². The highest BCUT2D eigenvalue weighted by atomic mass is 31.2. The van der Waals surface area contributed by atoms with E-state index < -0.39 is 228 Å². The minimum absolute atomic E-state index is 0.0193. The number of hydrogen-bond acceptors (Lipinski definition) is 53. The summed E-state index contributed by atoms with van der Waals surface area (Å²) in [5.41, 5.74) is -1.57. The van der Waals surface area contributed by atoms with Gasteiger partial charge in [0, 0.05) is 64.1 Å². The van der Waals surface area contributed by atoms with Crippen LogP contribution in [0, 0.1) is 27.6 Å². The van der Waals surface area contributed by atoms with Crippen molar-refractivity contribution >= 4 is 125 Å². The van der Waals surface area contributed by atoms with Gasteiger partial charge in [-0.05, 0) is 117 Å². The average molecular weight is 2300 g/mol. The van der Waals surface area contributed by atoms with E-state index in [4.69, 9.17) is 124 Å². The lowest BCUT2D eigenvalue weighted by Gasteiger charge is -2.34. The summed E-state index contributed by atoms with van der Waals surface area (Å²) >= 11 is 0. The number of ether oxygens (including phenoxy) is 5. The van der Waals surface area contributed by atoms with Crippen LogP contribution in [0.15, 0.2) is 0 Å². The second-order valence-corrected chi connectivity index (χ2v) is 50.4. The Labute approximate surface area is 855 Å². The van der Waals surface area contributed by atoms with Crippen LogP contribution in [0.4, 0.5) is 0 Å². The van der Waals surface area contributed by atoms with Crippen LogP contribution >= 0.6 is 86.0 Å². The van der Waals surface area contributed by atoms with Gasteiger partial charge in [0.2, 0.25) is 0 Å². The van der Waals surface area contributed by atoms with E-state index in [-0.39, 0.29) is 179 Å². The van der Waals surface area contributed by atoms with E-state index in [1.54, 1.807) is 0 Å². The van der Waals surface area contributed by atoms with E-state index in [2.05, 4.69) is 68.1 Å². The van der Waals surface area contributed by atoms with E-state index in [1.165, 1.54) is 6.42 Å². The molecule has 5 rings (SSSR count). The molecule has 25 unspecified atom stereocenters. The molecular formula is C75H152B5O53P11-12. The van der Waals surface area contributed by atoms with Gasteiger partial charge in [0.25, 0.3) is 78.2 Å². The monoisotopic (exact) mass is 2300 g/mol. The van der Waals surface area contributed by atoms with Gasteiger partial charge in [0.15, 0.2) is 0 Å². The van der Waals surface area contributed by atoms with Crippen LogP contribution in [0.3, 0.4) is 0 Å². The van der Waals surface area contributed by atoms with Crippen molar-refractivity contribution in [3.05, 3.63) is 0 Å². The molecule has 0 amide bonds. The average Bonchev–Trinajstić information content (AvgIpc) is 1.68. The summed E-state index contributed by atoms with van der Waals surface area (Å²) in [6.45, 7) is 32.7. The lowest BCUT2D eigenvalue weighted by Crippen LogP contribution is -2.37. The van der Waals surface area contributed by atoms with Gasteiger partial charge in [-0.3, -0.25) is 45.7 Å². The van der Waals surface area contributed by atoms with Crippen LogP contribution in [0.2, 0.25) is 0 Å². The van der Waals surface area contributed by atoms with Crippen molar-refractivity contribution in [1.29, 1.82) is 0 Å². The summed E-state index contributed by atoms with van der Waals surface area (Å²) < 4.78 is 251. The molecule has 4 N–H and O–H groups in total. The molecule has 53 nitrogen and oxygen atoms in total. The third-order valence-electron chi connectivity index (χ3n) is 17.7. The van der Waals surface area contributed by atoms with Crippen molar-refractivity contribution in [3.63, 3.8) is 0 Å². The Kier molecular flexibility index (Phi) is 79.1. The van der Waals surface area contributed by atoms with Gasteiger partial charge >= 0.3 is 0 Å². The highest BCUT2D eigenvalue weighted by Crippen LogP contribution is 2.53. The van der Waals surface area contributed by atoms with E-state index in [0.717, 1.165) is 14.2 Å². The summed E-state index contributed by atoms with van der Waals surface area (Å²) in [7, 11) is -20.4. The van der Waals surface area contributed by atoms with Gasteiger partial charge in [-0.1, -0.05) is 145 Å². The van der Waals surface area contributed by atoms with Gasteiger partial charge in [-0.2, -0.15) is 0 Å². The van der Waals surface area contributed by atoms with E-state index in [9.17, 15) is 109 Å². The number of hydrogen-bond donors (Lipinski definition) is 4. The highest BCUT2D eigenvalue weighted by molar-refractivity contribution is 7.48. The number of phosphoric ester groups is 11. The molecule has 5 fully saturated rings. The zero-order valence-corrected chi connectivity index (χ0v) is 96.0. The Balaban J connectivity index is -0.000000843. The van der Waals surface area contributed by atoms with Gasteiger partial charge in [0.05, 0.1) is 168 Å². The van der Waals surface area contributed by atoms with Crippen molar-refractivity contribution in [3.8, 4) is 0 Å². The van der Waals surface area contributed by atoms with Crippen LogP contribution < -0.4 is 58.7 Å². The van der Waals surface area contributed by atoms with E-state index >= 15 is 0 Å². The Morgan fingerprint density at radius 3 is 0.597 bits per heavy atom. The molecule has 144 heavy (non-hydrogen) atoms. The van der Waals surface area contributed by atoms with Crippen molar-refractivity contribution in [2.75, 3.05) is 133 Å². The summed E-state index contributed by atoms with van der Waals surface area (Å²) in [6.07, 6.45) is -3.87. The van der Waals surface area contributed by atoms with Crippen LogP contribution in [-0.2, 0) is 169 Å². The quantitative estimate of drug-likeness (QED) is 0.0378. The topological polar surface area (TPSA) is 785 Å². The Bertz CT molecular complexity index is 3910. The third-order valence-corrected chi connectivity index (χ3v) is 28.2. The first-order chi connectivity index (χ1) is 66.1. The summed E-state index contributed by atoms with van der Waals surface area (Å²) in [4.78, 5) is 137. The molecule has 0 aromatic carbocycles. The van der Waals surface area contributed by atoms with Gasteiger partial charge in [0.1, 0.15) is 39.2 Å². The molecule has 25 atom stereocenters. The predicted molar refractivity (Wildman–Crippen MR) is 502 cm³/mol. The molecule has 0 spiro atoms. The minimum Gasteiger partial charge on any atom is -0.790 e. The molecule has 69 heteroatoms. The number of rotatable bonds is 60. The highest BCUT2D eigenvalue weighted by Gasteiger charge is 2.47. The minimum atomic E-state index is -5.13. The first-order valence-electron chi connectivity index (χ1n) is 46.2. The summed E-state index contributed by atoms with van der Waals surface area (Å²) in [5.74, 6) is 0.0981.